The normalized spacial score (nSPS) is 11.5. The van der Waals surface area contributed by atoms with Crippen LogP contribution in [0.2, 0.25) is 0 Å². The average Bonchev–Trinajstić information content (AvgIpc) is 4.27. The summed E-state index contributed by atoms with van der Waals surface area (Å²) in [5, 5.41) is 4.50. The SMILES string of the molecule is c1ccc(-c2cc(-c3ccccc3)cc(-c3c4ccc(-c5nc6ccccc6n5-c5ccccc5)cc4c(-c4cc(-c5ccccc5)cc(-c5ccccc5)c4)c4ccc(-c5nc6ccccc6n5-c5ccccc5)cc34)c2)cc1. The summed E-state index contributed by atoms with van der Waals surface area (Å²) in [6.07, 6.45) is 0. The Balaban J connectivity index is 1.11. The van der Waals surface area contributed by atoms with Gasteiger partial charge in [0, 0.05) is 22.5 Å². The first-order valence-electron chi connectivity index (χ1n) is 27.3. The molecule has 0 unspecified atom stereocenters. The first-order valence-corrected chi connectivity index (χ1v) is 27.3. The number of para-hydroxylation sites is 6. The van der Waals surface area contributed by atoms with E-state index in [9.17, 15) is 0 Å². The summed E-state index contributed by atoms with van der Waals surface area (Å²) < 4.78 is 4.62. The van der Waals surface area contributed by atoms with Crippen LogP contribution in [0.3, 0.4) is 0 Å². The van der Waals surface area contributed by atoms with Crippen LogP contribution in [0.5, 0.6) is 0 Å². The van der Waals surface area contributed by atoms with E-state index in [0.717, 1.165) is 145 Å². The third kappa shape index (κ3) is 8.26. The standard InChI is InChI=1S/C76H50N4/c1-7-23-51(24-8-1)57-43-58(52-25-9-2-10-26-52)46-61(45-57)73-65-41-39-56(76-78-70-36-20-22-38-72(70)80(76)64-33-17-6-18-34-64)50-68(65)74(62-47-59(53-27-11-3-12-28-53)44-60(48-62)54-29-13-4-14-30-54)66-42-40-55(49-67(66)73)75-77-69-35-19-21-37-71(69)79(75)63-31-15-5-16-32-63/h1-50H. The lowest BCUT2D eigenvalue weighted by molar-refractivity contribution is 1.10. The Labute approximate surface area is 464 Å². The number of benzene rings is 13. The van der Waals surface area contributed by atoms with E-state index in [1.165, 1.54) is 0 Å². The number of aromatic nitrogens is 4. The van der Waals surface area contributed by atoms with E-state index in [1.807, 2.05) is 0 Å². The van der Waals surface area contributed by atoms with E-state index in [-0.39, 0.29) is 0 Å². The van der Waals surface area contributed by atoms with Gasteiger partial charge in [0.25, 0.3) is 0 Å². The molecule has 0 fully saturated rings. The van der Waals surface area contributed by atoms with Crippen molar-refractivity contribution >= 4 is 43.6 Å². The second kappa shape index (κ2) is 19.7. The molecule has 13 aromatic carbocycles. The molecule has 0 aliphatic carbocycles. The van der Waals surface area contributed by atoms with Crippen molar-refractivity contribution in [2.75, 3.05) is 0 Å². The molecule has 0 bridgehead atoms. The van der Waals surface area contributed by atoms with Crippen LogP contribution >= 0.6 is 0 Å². The zero-order valence-corrected chi connectivity index (χ0v) is 43.7. The molecule has 0 amide bonds. The lowest BCUT2D eigenvalue weighted by Gasteiger charge is -2.22. The lowest BCUT2D eigenvalue weighted by Crippen LogP contribution is -1.99. The minimum absolute atomic E-state index is 0.877. The largest absolute Gasteiger partial charge is 0.292 e. The van der Waals surface area contributed by atoms with Crippen molar-refractivity contribution < 1.29 is 0 Å². The summed E-state index contributed by atoms with van der Waals surface area (Å²) in [5.41, 5.74) is 21.8. The van der Waals surface area contributed by atoms with Crippen molar-refractivity contribution in [2.45, 2.75) is 0 Å². The van der Waals surface area contributed by atoms with Crippen molar-refractivity contribution in [3.05, 3.63) is 303 Å². The van der Waals surface area contributed by atoms with Crippen LogP contribution in [-0.4, -0.2) is 19.1 Å². The molecule has 0 spiro atoms. The van der Waals surface area contributed by atoms with Gasteiger partial charge in [0.1, 0.15) is 11.6 Å². The number of imidazole rings is 2. The predicted octanol–water partition coefficient (Wildman–Crippen LogP) is 20.0. The molecule has 2 aromatic heterocycles. The smallest absolute Gasteiger partial charge is 0.145 e. The molecule has 4 heteroatoms. The molecule has 4 nitrogen and oxygen atoms in total. The van der Waals surface area contributed by atoms with E-state index in [0.29, 0.717) is 0 Å². The Morgan fingerprint density at radius 2 is 0.487 bits per heavy atom. The van der Waals surface area contributed by atoms with Gasteiger partial charge in [-0.1, -0.05) is 206 Å². The summed E-state index contributed by atoms with van der Waals surface area (Å²) in [5.74, 6) is 1.75. The van der Waals surface area contributed by atoms with Crippen LogP contribution in [0.15, 0.2) is 303 Å². The van der Waals surface area contributed by atoms with Crippen molar-refractivity contribution in [3.8, 4) is 101 Å². The molecule has 0 saturated carbocycles. The molecule has 2 heterocycles. The number of rotatable bonds is 10. The highest BCUT2D eigenvalue weighted by Gasteiger charge is 2.24. The monoisotopic (exact) mass is 1020 g/mol. The number of fused-ring (bicyclic) bond motifs is 4. The van der Waals surface area contributed by atoms with Crippen LogP contribution in [0.4, 0.5) is 0 Å². The minimum atomic E-state index is 0.877. The molecule has 15 aromatic rings. The number of hydrogen-bond acceptors (Lipinski definition) is 2. The van der Waals surface area contributed by atoms with Gasteiger partial charge in [-0.05, 0) is 185 Å². The van der Waals surface area contributed by atoms with Gasteiger partial charge in [-0.15, -0.1) is 0 Å². The molecule has 374 valence electrons. The van der Waals surface area contributed by atoms with Crippen LogP contribution in [0.25, 0.3) is 145 Å². The second-order valence-corrected chi connectivity index (χ2v) is 20.5. The first kappa shape index (κ1) is 46.6. The third-order valence-corrected chi connectivity index (χ3v) is 15.7. The lowest BCUT2D eigenvalue weighted by atomic mass is 9.82. The van der Waals surface area contributed by atoms with Gasteiger partial charge in [-0.3, -0.25) is 9.13 Å². The summed E-state index contributed by atoms with van der Waals surface area (Å²) in [6, 6.07) is 110. The third-order valence-electron chi connectivity index (χ3n) is 15.7. The maximum Gasteiger partial charge on any atom is 0.145 e. The first-order chi connectivity index (χ1) is 39.7. The second-order valence-electron chi connectivity index (χ2n) is 20.5. The summed E-state index contributed by atoms with van der Waals surface area (Å²) in [6.45, 7) is 0. The maximum absolute atomic E-state index is 5.46. The number of hydrogen-bond donors (Lipinski definition) is 0. The topological polar surface area (TPSA) is 35.6 Å². The zero-order valence-electron chi connectivity index (χ0n) is 43.7. The van der Waals surface area contributed by atoms with Crippen molar-refractivity contribution in [1.82, 2.24) is 19.1 Å². The Bertz CT molecular complexity index is 4350. The minimum Gasteiger partial charge on any atom is -0.292 e. The molecular weight excluding hydrogens is 969 g/mol. The summed E-state index contributed by atoms with van der Waals surface area (Å²) in [4.78, 5) is 10.9. The molecule has 0 aliphatic heterocycles. The van der Waals surface area contributed by atoms with Crippen molar-refractivity contribution in [3.63, 3.8) is 0 Å². The predicted molar refractivity (Wildman–Crippen MR) is 334 cm³/mol. The van der Waals surface area contributed by atoms with E-state index < -0.39 is 0 Å². The fraction of sp³-hybridized carbons (Fsp3) is 0. The fourth-order valence-corrected chi connectivity index (χ4v) is 12.0. The van der Waals surface area contributed by atoms with Gasteiger partial charge in [0.2, 0.25) is 0 Å². The molecule has 0 radical (unpaired) electrons. The summed E-state index contributed by atoms with van der Waals surface area (Å²) >= 11 is 0. The zero-order chi connectivity index (χ0) is 52.9. The fourth-order valence-electron chi connectivity index (χ4n) is 12.0. The molecule has 0 saturated heterocycles. The molecule has 0 atom stereocenters. The Kier molecular flexibility index (Phi) is 11.5. The van der Waals surface area contributed by atoms with Gasteiger partial charge in [-0.2, -0.15) is 0 Å². The van der Waals surface area contributed by atoms with Gasteiger partial charge in [0.15, 0.2) is 0 Å². The van der Waals surface area contributed by atoms with Crippen molar-refractivity contribution in [2.24, 2.45) is 0 Å². The molecule has 80 heavy (non-hydrogen) atoms. The van der Waals surface area contributed by atoms with Crippen LogP contribution in [0.1, 0.15) is 0 Å². The van der Waals surface area contributed by atoms with Crippen molar-refractivity contribution in [1.29, 1.82) is 0 Å². The highest BCUT2D eigenvalue weighted by molar-refractivity contribution is 6.23. The van der Waals surface area contributed by atoms with Crippen LogP contribution < -0.4 is 0 Å². The van der Waals surface area contributed by atoms with E-state index >= 15 is 0 Å². The quantitative estimate of drug-likeness (QED) is 0.128. The van der Waals surface area contributed by atoms with E-state index in [2.05, 4.69) is 312 Å². The molecule has 15 rings (SSSR count). The van der Waals surface area contributed by atoms with E-state index in [1.54, 1.807) is 0 Å². The van der Waals surface area contributed by atoms with Gasteiger partial charge in [0.05, 0.1) is 22.1 Å². The molecule has 0 aliphatic rings. The highest BCUT2D eigenvalue weighted by atomic mass is 15.1. The molecule has 0 N–H and O–H groups in total. The average molecular weight is 1020 g/mol. The maximum atomic E-state index is 5.46. The Morgan fingerprint density at radius 3 is 0.825 bits per heavy atom. The van der Waals surface area contributed by atoms with E-state index in [4.69, 9.17) is 9.97 Å². The van der Waals surface area contributed by atoms with Gasteiger partial charge < -0.3 is 0 Å². The molecular formula is C76H50N4. The van der Waals surface area contributed by atoms with Gasteiger partial charge in [-0.25, -0.2) is 9.97 Å². The Hall–Kier alpha value is -10.7. The summed E-state index contributed by atoms with van der Waals surface area (Å²) in [7, 11) is 0. The highest BCUT2D eigenvalue weighted by Crippen LogP contribution is 2.49. The number of nitrogens with zero attached hydrogens (tertiary/aromatic N) is 4. The van der Waals surface area contributed by atoms with Crippen LogP contribution in [-0.2, 0) is 0 Å². The van der Waals surface area contributed by atoms with Crippen LogP contribution in [0, 0.1) is 0 Å². The Morgan fingerprint density at radius 1 is 0.200 bits per heavy atom. The van der Waals surface area contributed by atoms with Gasteiger partial charge >= 0.3 is 0 Å².